The van der Waals surface area contributed by atoms with Crippen molar-refractivity contribution in [1.82, 2.24) is 24.5 Å². The maximum absolute atomic E-state index is 13.5. The SMILES string of the molecule is Cc1nn(-c2ccccc2)c2nc(C3CC3)cc(C(=O)Nc3cnn(Cc4ccc(Cl)cc4)c3)c12. The molecule has 1 fully saturated rings. The molecule has 1 amide bonds. The van der Waals surface area contributed by atoms with E-state index in [9.17, 15) is 4.79 Å². The van der Waals surface area contributed by atoms with Crippen LogP contribution < -0.4 is 5.32 Å². The molecule has 174 valence electrons. The van der Waals surface area contributed by atoms with Crippen molar-refractivity contribution in [1.29, 1.82) is 0 Å². The monoisotopic (exact) mass is 482 g/mol. The Morgan fingerprint density at radius 3 is 2.63 bits per heavy atom. The summed E-state index contributed by atoms with van der Waals surface area (Å²) in [5.41, 5.74) is 5.63. The Hall–Kier alpha value is -3.97. The number of aromatic nitrogens is 5. The van der Waals surface area contributed by atoms with Gasteiger partial charge in [-0.15, -0.1) is 0 Å². The van der Waals surface area contributed by atoms with Gasteiger partial charge >= 0.3 is 0 Å². The molecule has 0 aliphatic heterocycles. The topological polar surface area (TPSA) is 77.6 Å². The molecule has 3 aromatic heterocycles. The summed E-state index contributed by atoms with van der Waals surface area (Å²) < 4.78 is 3.62. The van der Waals surface area contributed by atoms with Crippen LogP contribution >= 0.6 is 11.6 Å². The summed E-state index contributed by atoms with van der Waals surface area (Å²) in [7, 11) is 0. The van der Waals surface area contributed by atoms with E-state index in [0.29, 0.717) is 34.4 Å². The van der Waals surface area contributed by atoms with Crippen LogP contribution in [0.5, 0.6) is 0 Å². The number of carbonyl (C=O) groups excluding carboxylic acids is 1. The highest BCUT2D eigenvalue weighted by Crippen LogP contribution is 2.40. The van der Waals surface area contributed by atoms with E-state index in [1.807, 2.05) is 78.5 Å². The number of carbonyl (C=O) groups is 1. The third kappa shape index (κ3) is 4.31. The average molecular weight is 483 g/mol. The van der Waals surface area contributed by atoms with Crippen molar-refractivity contribution in [2.24, 2.45) is 0 Å². The minimum atomic E-state index is -0.193. The lowest BCUT2D eigenvalue weighted by atomic mass is 10.1. The molecule has 1 saturated carbocycles. The number of rotatable bonds is 6. The fourth-order valence-corrected chi connectivity index (χ4v) is 4.44. The van der Waals surface area contributed by atoms with Crippen LogP contribution in [0.2, 0.25) is 5.02 Å². The van der Waals surface area contributed by atoms with Crippen molar-refractivity contribution in [3.63, 3.8) is 0 Å². The molecular formula is C27H23ClN6O. The van der Waals surface area contributed by atoms with Crippen LogP contribution in [-0.2, 0) is 6.54 Å². The molecule has 0 bridgehead atoms. The van der Waals surface area contributed by atoms with E-state index in [-0.39, 0.29) is 5.91 Å². The largest absolute Gasteiger partial charge is 0.319 e. The summed E-state index contributed by atoms with van der Waals surface area (Å²) >= 11 is 5.98. The van der Waals surface area contributed by atoms with E-state index in [2.05, 4.69) is 10.4 Å². The Balaban J connectivity index is 1.33. The number of halogens is 1. The lowest BCUT2D eigenvalue weighted by molar-refractivity contribution is 0.102. The van der Waals surface area contributed by atoms with Gasteiger partial charge in [-0.25, -0.2) is 9.67 Å². The van der Waals surface area contributed by atoms with Crippen LogP contribution in [0.1, 0.15) is 46.1 Å². The highest BCUT2D eigenvalue weighted by atomic mass is 35.5. The number of fused-ring (bicyclic) bond motifs is 1. The van der Waals surface area contributed by atoms with E-state index in [1.165, 1.54) is 0 Å². The number of hydrogen-bond donors (Lipinski definition) is 1. The maximum Gasteiger partial charge on any atom is 0.256 e. The van der Waals surface area contributed by atoms with Crippen LogP contribution in [0.3, 0.4) is 0 Å². The highest BCUT2D eigenvalue weighted by molar-refractivity contribution is 6.30. The van der Waals surface area contributed by atoms with Crippen molar-refractivity contribution < 1.29 is 4.79 Å². The second-order valence-corrected chi connectivity index (χ2v) is 9.34. The third-order valence-electron chi connectivity index (χ3n) is 6.22. The van der Waals surface area contributed by atoms with Crippen molar-refractivity contribution in [2.75, 3.05) is 5.32 Å². The number of nitrogens with one attached hydrogen (secondary N) is 1. The zero-order valence-electron chi connectivity index (χ0n) is 19.1. The quantitative estimate of drug-likeness (QED) is 0.334. The number of pyridine rings is 1. The van der Waals surface area contributed by atoms with Gasteiger partial charge in [-0.1, -0.05) is 41.9 Å². The standard InChI is InChI=1S/C27H23ClN6O/c1-17-25-23(27(35)30-21-14-29-33(16-21)15-18-7-11-20(28)12-8-18)13-24(19-9-10-19)31-26(25)34(32-17)22-5-3-2-4-6-22/h2-8,11-14,16,19H,9-10,15H2,1H3,(H,30,35). The van der Waals surface area contributed by atoms with Crippen LogP contribution in [0.4, 0.5) is 5.69 Å². The first-order chi connectivity index (χ1) is 17.0. The fraction of sp³-hybridized carbons (Fsp3) is 0.185. The molecule has 0 saturated heterocycles. The summed E-state index contributed by atoms with van der Waals surface area (Å²) in [5.74, 6) is 0.202. The van der Waals surface area contributed by atoms with Crippen LogP contribution in [0.15, 0.2) is 73.1 Å². The summed E-state index contributed by atoms with van der Waals surface area (Å²) in [5, 5.41) is 13.6. The minimum absolute atomic E-state index is 0.193. The normalized spacial score (nSPS) is 13.3. The van der Waals surface area contributed by atoms with Gasteiger partial charge in [-0.3, -0.25) is 9.48 Å². The molecule has 2 aromatic carbocycles. The summed E-state index contributed by atoms with van der Waals surface area (Å²) in [6.07, 6.45) is 5.67. The first-order valence-corrected chi connectivity index (χ1v) is 12.0. The molecule has 0 atom stereocenters. The molecule has 8 heteroatoms. The van der Waals surface area contributed by atoms with Gasteiger partial charge in [-0.2, -0.15) is 10.2 Å². The Morgan fingerprint density at radius 2 is 1.89 bits per heavy atom. The lowest BCUT2D eigenvalue weighted by Gasteiger charge is -2.09. The number of aryl methyl sites for hydroxylation is 1. The summed E-state index contributed by atoms with van der Waals surface area (Å²) in [4.78, 5) is 18.4. The zero-order valence-corrected chi connectivity index (χ0v) is 19.9. The molecule has 0 radical (unpaired) electrons. The molecule has 35 heavy (non-hydrogen) atoms. The average Bonchev–Trinajstić information content (AvgIpc) is 3.55. The maximum atomic E-state index is 13.5. The number of nitrogens with zero attached hydrogens (tertiary/aromatic N) is 5. The minimum Gasteiger partial charge on any atom is -0.319 e. The van der Waals surface area contributed by atoms with E-state index >= 15 is 0 Å². The molecule has 1 N–H and O–H groups in total. The van der Waals surface area contributed by atoms with Crippen molar-refractivity contribution in [2.45, 2.75) is 32.2 Å². The predicted molar refractivity (Wildman–Crippen MR) is 136 cm³/mol. The van der Waals surface area contributed by atoms with Gasteiger partial charge in [0.05, 0.1) is 40.8 Å². The molecule has 5 aromatic rings. The van der Waals surface area contributed by atoms with Gasteiger partial charge in [0.15, 0.2) is 5.65 Å². The fourth-order valence-electron chi connectivity index (χ4n) is 4.31. The number of amides is 1. The van der Waals surface area contributed by atoms with Crippen molar-refractivity contribution in [3.8, 4) is 5.69 Å². The van der Waals surface area contributed by atoms with E-state index < -0.39 is 0 Å². The van der Waals surface area contributed by atoms with Crippen molar-refractivity contribution in [3.05, 3.63) is 101 Å². The smallest absolute Gasteiger partial charge is 0.256 e. The molecule has 1 aliphatic rings. The van der Waals surface area contributed by atoms with Gasteiger partial charge in [0.25, 0.3) is 5.91 Å². The highest BCUT2D eigenvalue weighted by Gasteiger charge is 2.29. The molecule has 0 spiro atoms. The Labute approximate surface area is 207 Å². The zero-order chi connectivity index (χ0) is 23.9. The first kappa shape index (κ1) is 21.6. The molecule has 0 unspecified atom stereocenters. The molecule has 1 aliphatic carbocycles. The predicted octanol–water partition coefficient (Wildman–Crippen LogP) is 5.76. The lowest BCUT2D eigenvalue weighted by Crippen LogP contribution is -2.13. The van der Waals surface area contributed by atoms with Crippen LogP contribution in [0.25, 0.3) is 16.7 Å². The number of benzene rings is 2. The first-order valence-electron chi connectivity index (χ1n) is 11.6. The number of anilines is 1. The molecule has 6 rings (SSSR count). The Kier molecular flexibility index (Phi) is 5.34. The molecule has 7 nitrogen and oxygen atoms in total. The van der Waals surface area contributed by atoms with Gasteiger partial charge in [0.1, 0.15) is 0 Å². The van der Waals surface area contributed by atoms with E-state index in [0.717, 1.165) is 40.9 Å². The third-order valence-corrected chi connectivity index (χ3v) is 6.47. The van der Waals surface area contributed by atoms with Crippen LogP contribution in [0, 0.1) is 6.92 Å². The summed E-state index contributed by atoms with van der Waals surface area (Å²) in [6.45, 7) is 2.50. The van der Waals surface area contributed by atoms with Gasteiger partial charge < -0.3 is 5.32 Å². The van der Waals surface area contributed by atoms with E-state index in [4.69, 9.17) is 21.7 Å². The Bertz CT molecular complexity index is 1530. The van der Waals surface area contributed by atoms with Gasteiger partial charge in [0, 0.05) is 22.8 Å². The number of hydrogen-bond acceptors (Lipinski definition) is 4. The van der Waals surface area contributed by atoms with E-state index in [1.54, 1.807) is 10.9 Å². The van der Waals surface area contributed by atoms with Crippen molar-refractivity contribution >= 4 is 34.2 Å². The molecule has 3 heterocycles. The van der Waals surface area contributed by atoms with Gasteiger partial charge in [-0.05, 0) is 55.7 Å². The summed E-state index contributed by atoms with van der Waals surface area (Å²) in [6, 6.07) is 19.5. The molecular weight excluding hydrogens is 460 g/mol. The number of para-hydroxylation sites is 1. The Morgan fingerprint density at radius 1 is 1.11 bits per heavy atom. The van der Waals surface area contributed by atoms with Gasteiger partial charge in [0.2, 0.25) is 0 Å². The second-order valence-electron chi connectivity index (χ2n) is 8.91. The second kappa shape index (κ2) is 8.67. The van der Waals surface area contributed by atoms with Crippen LogP contribution in [-0.4, -0.2) is 30.5 Å².